The normalized spacial score (nSPS) is 12.8. The third-order valence-electron chi connectivity index (χ3n) is 3.17. The van der Waals surface area contributed by atoms with Crippen molar-refractivity contribution in [1.82, 2.24) is 0 Å². The van der Waals surface area contributed by atoms with Crippen molar-refractivity contribution in [2.24, 2.45) is 0 Å². The van der Waals surface area contributed by atoms with Crippen LogP contribution in [0.25, 0.3) is 0 Å². The number of rotatable bonds is 2. The predicted molar refractivity (Wildman–Crippen MR) is 72.5 cm³/mol. The fraction of sp³-hybridized carbons (Fsp3) is 0.200. The number of benzene rings is 2. The van der Waals surface area contributed by atoms with Crippen molar-refractivity contribution < 1.29 is 0 Å². The van der Waals surface area contributed by atoms with Crippen molar-refractivity contribution >= 4 is 11.4 Å². The lowest BCUT2D eigenvalue weighted by Crippen LogP contribution is -1.99. The molecule has 2 heteroatoms. The quantitative estimate of drug-likeness (QED) is 0.817. The first kappa shape index (κ1) is 10.2. The number of anilines is 2. The monoisotopic (exact) mass is 224 g/mol. The summed E-state index contributed by atoms with van der Waals surface area (Å²) < 4.78 is 0. The maximum atomic E-state index is 3.32. The second-order valence-corrected chi connectivity index (χ2v) is 4.57. The van der Waals surface area contributed by atoms with Crippen molar-refractivity contribution in [3.8, 4) is 0 Å². The minimum atomic E-state index is 0.837. The molecule has 1 aliphatic rings. The molecule has 3 rings (SSSR count). The third-order valence-corrected chi connectivity index (χ3v) is 3.17. The lowest BCUT2D eigenvalue weighted by atomic mass is 10.0. The molecule has 0 fully saturated rings. The molecular formula is C15H16N2. The van der Waals surface area contributed by atoms with E-state index in [-0.39, 0.29) is 0 Å². The maximum Gasteiger partial charge on any atom is 0.0850 e. The molecule has 0 atom stereocenters. The first-order valence-electron chi connectivity index (χ1n) is 5.97. The standard InChI is InChI=1S/C15H16N2/c1-11-2-4-12(5-3-11)8-13-6-7-14-15(9-13)17-10-16-14/h2-7,9,16-17H,8,10H2,1H3. The number of nitrogens with one attached hydrogen (secondary N) is 2. The van der Waals surface area contributed by atoms with E-state index in [1.54, 1.807) is 0 Å². The van der Waals surface area contributed by atoms with Gasteiger partial charge in [-0.1, -0.05) is 35.9 Å². The van der Waals surface area contributed by atoms with Gasteiger partial charge in [0.05, 0.1) is 18.0 Å². The lowest BCUT2D eigenvalue weighted by Gasteiger charge is -2.05. The van der Waals surface area contributed by atoms with Crippen LogP contribution in [0.1, 0.15) is 16.7 Å². The third kappa shape index (κ3) is 2.11. The molecule has 1 aliphatic heterocycles. The first-order valence-corrected chi connectivity index (χ1v) is 5.97. The minimum Gasteiger partial charge on any atom is -0.366 e. The predicted octanol–water partition coefficient (Wildman–Crippen LogP) is 3.38. The zero-order chi connectivity index (χ0) is 11.7. The SMILES string of the molecule is Cc1ccc(Cc2ccc3c(c2)NCN3)cc1. The summed E-state index contributed by atoms with van der Waals surface area (Å²) in [5.41, 5.74) is 6.45. The Kier molecular flexibility index (Phi) is 2.48. The Balaban J connectivity index is 1.83. The molecule has 86 valence electrons. The smallest absolute Gasteiger partial charge is 0.0850 e. The molecule has 0 amide bonds. The van der Waals surface area contributed by atoms with Crippen LogP contribution in [0.5, 0.6) is 0 Å². The lowest BCUT2D eigenvalue weighted by molar-refractivity contribution is 1.19. The van der Waals surface area contributed by atoms with Crippen molar-refractivity contribution in [2.75, 3.05) is 17.3 Å². The summed E-state index contributed by atoms with van der Waals surface area (Å²) in [5.74, 6) is 0. The van der Waals surface area contributed by atoms with Crippen LogP contribution in [0.4, 0.5) is 11.4 Å². The van der Waals surface area contributed by atoms with Gasteiger partial charge in [0.2, 0.25) is 0 Å². The molecule has 2 nitrogen and oxygen atoms in total. The highest BCUT2D eigenvalue weighted by Crippen LogP contribution is 2.27. The van der Waals surface area contributed by atoms with Gasteiger partial charge in [-0.2, -0.15) is 0 Å². The van der Waals surface area contributed by atoms with Gasteiger partial charge >= 0.3 is 0 Å². The van der Waals surface area contributed by atoms with Crippen LogP contribution in [-0.2, 0) is 6.42 Å². The molecule has 2 N–H and O–H groups in total. The van der Waals surface area contributed by atoms with Gasteiger partial charge in [0.15, 0.2) is 0 Å². The summed E-state index contributed by atoms with van der Waals surface area (Å²) in [6.45, 7) is 2.96. The number of aryl methyl sites for hydroxylation is 1. The molecule has 0 aromatic heterocycles. The first-order chi connectivity index (χ1) is 8.31. The highest BCUT2D eigenvalue weighted by Gasteiger charge is 2.08. The Bertz CT molecular complexity index is 529. The van der Waals surface area contributed by atoms with Gasteiger partial charge in [-0.05, 0) is 36.6 Å². The summed E-state index contributed by atoms with van der Waals surface area (Å²) in [6, 6.07) is 15.3. The molecule has 0 unspecified atom stereocenters. The van der Waals surface area contributed by atoms with Gasteiger partial charge < -0.3 is 10.6 Å². The van der Waals surface area contributed by atoms with E-state index in [2.05, 4.69) is 60.0 Å². The van der Waals surface area contributed by atoms with E-state index in [0.717, 1.165) is 13.1 Å². The molecule has 1 heterocycles. The van der Waals surface area contributed by atoms with Gasteiger partial charge in [0, 0.05) is 0 Å². The molecular weight excluding hydrogens is 208 g/mol. The average molecular weight is 224 g/mol. The molecule has 0 saturated heterocycles. The van der Waals surface area contributed by atoms with E-state index < -0.39 is 0 Å². The summed E-state index contributed by atoms with van der Waals surface area (Å²) in [5, 5.41) is 6.61. The second kappa shape index (κ2) is 4.13. The Morgan fingerprint density at radius 2 is 1.59 bits per heavy atom. The van der Waals surface area contributed by atoms with E-state index in [0.29, 0.717) is 0 Å². The molecule has 0 saturated carbocycles. The Labute approximate surface area is 102 Å². The molecule has 0 radical (unpaired) electrons. The van der Waals surface area contributed by atoms with E-state index in [1.165, 1.54) is 28.1 Å². The second-order valence-electron chi connectivity index (χ2n) is 4.57. The van der Waals surface area contributed by atoms with Crippen molar-refractivity contribution in [1.29, 1.82) is 0 Å². The van der Waals surface area contributed by atoms with Crippen LogP contribution in [0.15, 0.2) is 42.5 Å². The van der Waals surface area contributed by atoms with Crippen LogP contribution in [-0.4, -0.2) is 6.67 Å². The summed E-state index contributed by atoms with van der Waals surface area (Å²) >= 11 is 0. The summed E-state index contributed by atoms with van der Waals surface area (Å²) in [7, 11) is 0. The Morgan fingerprint density at radius 3 is 2.41 bits per heavy atom. The van der Waals surface area contributed by atoms with Crippen LogP contribution in [0.2, 0.25) is 0 Å². The fourth-order valence-corrected chi connectivity index (χ4v) is 2.18. The van der Waals surface area contributed by atoms with Crippen LogP contribution in [0, 0.1) is 6.92 Å². The van der Waals surface area contributed by atoms with Crippen LogP contribution >= 0.6 is 0 Å². The number of hydrogen-bond acceptors (Lipinski definition) is 2. The van der Waals surface area contributed by atoms with Crippen LogP contribution in [0.3, 0.4) is 0 Å². The van der Waals surface area contributed by atoms with E-state index in [1.807, 2.05) is 0 Å². The van der Waals surface area contributed by atoms with E-state index in [4.69, 9.17) is 0 Å². The van der Waals surface area contributed by atoms with Gasteiger partial charge in [-0.15, -0.1) is 0 Å². The zero-order valence-corrected chi connectivity index (χ0v) is 9.96. The average Bonchev–Trinajstić information content (AvgIpc) is 2.79. The van der Waals surface area contributed by atoms with Crippen molar-refractivity contribution in [3.05, 3.63) is 59.2 Å². The molecule has 0 bridgehead atoms. The Hall–Kier alpha value is -1.96. The van der Waals surface area contributed by atoms with Crippen molar-refractivity contribution in [3.63, 3.8) is 0 Å². The van der Waals surface area contributed by atoms with Gasteiger partial charge in [-0.25, -0.2) is 0 Å². The number of fused-ring (bicyclic) bond motifs is 1. The van der Waals surface area contributed by atoms with Crippen molar-refractivity contribution in [2.45, 2.75) is 13.3 Å². The summed E-state index contributed by atoms with van der Waals surface area (Å²) in [6.07, 6.45) is 0.995. The molecule has 17 heavy (non-hydrogen) atoms. The topological polar surface area (TPSA) is 24.1 Å². The fourth-order valence-electron chi connectivity index (χ4n) is 2.18. The Morgan fingerprint density at radius 1 is 0.882 bits per heavy atom. The maximum absolute atomic E-state index is 3.32. The van der Waals surface area contributed by atoms with Gasteiger partial charge in [-0.3, -0.25) is 0 Å². The molecule has 0 spiro atoms. The van der Waals surface area contributed by atoms with Gasteiger partial charge in [0.25, 0.3) is 0 Å². The highest BCUT2D eigenvalue weighted by atomic mass is 15.1. The molecule has 0 aliphatic carbocycles. The highest BCUT2D eigenvalue weighted by molar-refractivity contribution is 5.73. The summed E-state index contributed by atoms with van der Waals surface area (Å²) in [4.78, 5) is 0. The van der Waals surface area contributed by atoms with Crippen LogP contribution < -0.4 is 10.6 Å². The van der Waals surface area contributed by atoms with E-state index in [9.17, 15) is 0 Å². The minimum absolute atomic E-state index is 0.837. The molecule has 2 aromatic carbocycles. The van der Waals surface area contributed by atoms with E-state index >= 15 is 0 Å². The zero-order valence-electron chi connectivity index (χ0n) is 9.96. The number of hydrogen-bond donors (Lipinski definition) is 2. The van der Waals surface area contributed by atoms with Gasteiger partial charge in [0.1, 0.15) is 0 Å². The largest absolute Gasteiger partial charge is 0.366 e. The molecule has 2 aromatic rings.